The average molecular weight is 493 g/mol. The van der Waals surface area contributed by atoms with E-state index in [-0.39, 0.29) is 0 Å². The van der Waals surface area contributed by atoms with Gasteiger partial charge in [-0.05, 0) is 55.9 Å². The zero-order valence-electron chi connectivity index (χ0n) is 19.4. The number of pyridine rings is 1. The minimum absolute atomic E-state index is 0.297. The molecule has 0 radical (unpaired) electrons. The smallest absolute Gasteiger partial charge is 0.132 e. The molecule has 0 aliphatic carbocycles. The van der Waals surface area contributed by atoms with E-state index in [2.05, 4.69) is 37.3 Å². The summed E-state index contributed by atoms with van der Waals surface area (Å²) in [5, 5.41) is 12.8. The van der Waals surface area contributed by atoms with Gasteiger partial charge in [0.1, 0.15) is 18.2 Å². The summed E-state index contributed by atoms with van der Waals surface area (Å²) in [6.45, 7) is 4.76. The Morgan fingerprint density at radius 3 is 2.91 bits per heavy atom. The summed E-state index contributed by atoms with van der Waals surface area (Å²) in [7, 11) is 2.14. The van der Waals surface area contributed by atoms with Gasteiger partial charge in [0.05, 0.1) is 29.8 Å². The number of aromatic nitrogens is 3. The normalized spacial score (nSPS) is 14.8. The zero-order valence-corrected chi connectivity index (χ0v) is 20.2. The second kappa shape index (κ2) is 10.5. The Kier molecular flexibility index (Phi) is 7.03. The van der Waals surface area contributed by atoms with Gasteiger partial charge in [0.15, 0.2) is 0 Å². The van der Waals surface area contributed by atoms with Crippen LogP contribution in [-0.2, 0) is 0 Å². The number of fused-ring (bicyclic) bond motifs is 1. The molecule has 0 bridgehead atoms. The molecule has 0 unspecified atom stereocenters. The molecule has 1 aliphatic heterocycles. The maximum atomic E-state index is 14.3. The topological polar surface area (TPSA) is 66.4 Å². The molecule has 4 aromatic rings. The van der Waals surface area contributed by atoms with Crippen LogP contribution in [0, 0.1) is 5.82 Å². The number of hydrogen-bond donors (Lipinski definition) is 1. The monoisotopic (exact) mass is 492 g/mol. The summed E-state index contributed by atoms with van der Waals surface area (Å²) in [6, 6.07) is 13.9. The third-order valence-corrected chi connectivity index (χ3v) is 6.22. The number of rotatable bonds is 7. The number of ether oxygens (including phenoxy) is 1. The molecule has 0 atom stereocenters. The van der Waals surface area contributed by atoms with Gasteiger partial charge in [0.25, 0.3) is 0 Å². The molecule has 3 heterocycles. The Balaban J connectivity index is 1.30. The quantitative estimate of drug-likeness (QED) is 0.380. The zero-order chi connectivity index (χ0) is 24.2. The van der Waals surface area contributed by atoms with Crippen molar-refractivity contribution in [2.75, 3.05) is 45.3 Å². The molecule has 2 aromatic carbocycles. The molecule has 9 heteroatoms. The van der Waals surface area contributed by atoms with E-state index in [0.717, 1.165) is 48.6 Å². The molecule has 180 valence electrons. The van der Waals surface area contributed by atoms with Gasteiger partial charge in [-0.25, -0.2) is 4.39 Å². The van der Waals surface area contributed by atoms with Crippen LogP contribution >= 0.6 is 11.6 Å². The van der Waals surface area contributed by atoms with Crippen molar-refractivity contribution in [3.8, 4) is 17.0 Å². The van der Waals surface area contributed by atoms with Gasteiger partial charge in [0.2, 0.25) is 0 Å². The third kappa shape index (κ3) is 5.67. The molecule has 1 fully saturated rings. The van der Waals surface area contributed by atoms with E-state index in [0.29, 0.717) is 28.6 Å². The molecule has 1 aliphatic rings. The first kappa shape index (κ1) is 23.4. The molecule has 7 nitrogen and oxygen atoms in total. The number of nitrogens with zero attached hydrogens (tertiary/aromatic N) is 5. The molecule has 0 spiro atoms. The number of benzene rings is 2. The van der Waals surface area contributed by atoms with E-state index in [4.69, 9.17) is 16.3 Å². The van der Waals surface area contributed by atoms with Crippen LogP contribution in [0.1, 0.15) is 6.42 Å². The molecule has 0 saturated carbocycles. The van der Waals surface area contributed by atoms with Crippen LogP contribution in [0.25, 0.3) is 22.2 Å². The first-order chi connectivity index (χ1) is 17.0. The highest BCUT2D eigenvalue weighted by atomic mass is 35.5. The van der Waals surface area contributed by atoms with Crippen molar-refractivity contribution >= 4 is 33.9 Å². The Morgan fingerprint density at radius 2 is 2.03 bits per heavy atom. The highest BCUT2D eigenvalue weighted by Gasteiger charge is 2.14. The van der Waals surface area contributed by atoms with Crippen molar-refractivity contribution in [3.05, 3.63) is 71.8 Å². The summed E-state index contributed by atoms with van der Waals surface area (Å²) in [5.74, 6) is 0.381. The van der Waals surface area contributed by atoms with Crippen LogP contribution in [0.5, 0.6) is 5.75 Å². The van der Waals surface area contributed by atoms with Gasteiger partial charge in [-0.1, -0.05) is 11.6 Å². The summed E-state index contributed by atoms with van der Waals surface area (Å²) in [6.07, 6.45) is 4.52. The van der Waals surface area contributed by atoms with E-state index in [1.165, 1.54) is 24.6 Å². The summed E-state index contributed by atoms with van der Waals surface area (Å²) >= 11 is 6.04. The molecule has 5 rings (SSSR count). The van der Waals surface area contributed by atoms with Gasteiger partial charge in [0, 0.05) is 53.6 Å². The van der Waals surface area contributed by atoms with Crippen LogP contribution in [0.2, 0.25) is 5.02 Å². The Hall–Kier alpha value is -3.33. The highest BCUT2D eigenvalue weighted by Crippen LogP contribution is 2.30. The third-order valence-electron chi connectivity index (χ3n) is 5.98. The maximum absolute atomic E-state index is 14.3. The van der Waals surface area contributed by atoms with Crippen molar-refractivity contribution in [2.45, 2.75) is 6.42 Å². The minimum Gasteiger partial charge on any atom is -0.492 e. The average Bonchev–Trinajstić information content (AvgIpc) is 2.86. The van der Waals surface area contributed by atoms with Crippen molar-refractivity contribution < 1.29 is 9.13 Å². The Labute approximate surface area is 208 Å². The van der Waals surface area contributed by atoms with Gasteiger partial charge >= 0.3 is 0 Å². The number of anilines is 2. The first-order valence-electron chi connectivity index (χ1n) is 11.5. The lowest BCUT2D eigenvalue weighted by Crippen LogP contribution is -2.44. The fraction of sp³-hybridized carbons (Fsp3) is 0.269. The fourth-order valence-electron chi connectivity index (χ4n) is 4.26. The Bertz CT molecular complexity index is 1340. The van der Waals surface area contributed by atoms with Crippen LogP contribution in [0.4, 0.5) is 15.8 Å². The Morgan fingerprint density at radius 1 is 1.11 bits per heavy atom. The molecule has 1 saturated heterocycles. The maximum Gasteiger partial charge on any atom is 0.132 e. The van der Waals surface area contributed by atoms with Gasteiger partial charge < -0.3 is 10.1 Å². The van der Waals surface area contributed by atoms with Crippen LogP contribution in [0.3, 0.4) is 0 Å². The number of nitrogens with one attached hydrogen (secondary N) is 1. The van der Waals surface area contributed by atoms with Crippen LogP contribution in [-0.4, -0.2) is 64.9 Å². The lowest BCUT2D eigenvalue weighted by molar-refractivity contribution is 0.0927. The second-order valence-electron chi connectivity index (χ2n) is 8.66. The van der Waals surface area contributed by atoms with Crippen LogP contribution < -0.4 is 10.1 Å². The molecular weight excluding hydrogens is 467 g/mol. The molecular formula is C26H26ClFN6O. The van der Waals surface area contributed by atoms with Crippen molar-refractivity contribution in [1.82, 2.24) is 25.0 Å². The number of halogens is 2. The van der Waals surface area contributed by atoms with Crippen LogP contribution in [0.15, 0.2) is 60.9 Å². The first-order valence-corrected chi connectivity index (χ1v) is 11.9. The van der Waals surface area contributed by atoms with E-state index >= 15 is 0 Å². The lowest BCUT2D eigenvalue weighted by Gasteiger charge is -2.32. The highest BCUT2D eigenvalue weighted by molar-refractivity contribution is 6.30. The summed E-state index contributed by atoms with van der Waals surface area (Å²) < 4.78 is 20.3. The SMILES string of the molecule is CN1CCCN(CCOc2ccc3c(Nc4cnnc(-c5cc(Cl)ccc5F)c4)ccnc3c2)C1. The molecule has 0 amide bonds. The minimum atomic E-state index is -0.407. The number of hydrogen-bond acceptors (Lipinski definition) is 7. The van der Waals surface area contributed by atoms with Crippen molar-refractivity contribution in [3.63, 3.8) is 0 Å². The largest absolute Gasteiger partial charge is 0.492 e. The predicted octanol–water partition coefficient (Wildman–Crippen LogP) is 5.20. The van der Waals surface area contributed by atoms with Gasteiger partial charge in [-0.15, -0.1) is 0 Å². The van der Waals surface area contributed by atoms with E-state index < -0.39 is 5.82 Å². The molecule has 35 heavy (non-hydrogen) atoms. The molecule has 2 aromatic heterocycles. The fourth-order valence-corrected chi connectivity index (χ4v) is 4.44. The molecule has 1 N–H and O–H groups in total. The summed E-state index contributed by atoms with van der Waals surface area (Å²) in [5.41, 5.74) is 3.03. The van der Waals surface area contributed by atoms with E-state index in [1.807, 2.05) is 24.3 Å². The standard InChI is InChI=1S/C26H26ClFN6O/c1-33-9-2-10-34(17-33)11-12-35-20-4-5-21-24(7-8-29-25(21)15-20)31-19-14-26(32-30-16-19)22-13-18(27)3-6-23(22)28/h3-8,13-16H,2,9-12,17H2,1H3,(H,29,31,32). The predicted molar refractivity (Wildman–Crippen MR) is 137 cm³/mol. The lowest BCUT2D eigenvalue weighted by atomic mass is 10.1. The van der Waals surface area contributed by atoms with Gasteiger partial charge in [-0.3, -0.25) is 14.8 Å². The van der Waals surface area contributed by atoms with E-state index in [1.54, 1.807) is 18.5 Å². The van der Waals surface area contributed by atoms with Crippen molar-refractivity contribution in [1.29, 1.82) is 0 Å². The summed E-state index contributed by atoms with van der Waals surface area (Å²) in [4.78, 5) is 9.23. The van der Waals surface area contributed by atoms with Gasteiger partial charge in [-0.2, -0.15) is 10.2 Å². The van der Waals surface area contributed by atoms with E-state index in [9.17, 15) is 4.39 Å². The second-order valence-corrected chi connectivity index (χ2v) is 9.09. The van der Waals surface area contributed by atoms with Crippen molar-refractivity contribution in [2.24, 2.45) is 0 Å².